The van der Waals surface area contributed by atoms with Gasteiger partial charge in [-0.2, -0.15) is 0 Å². The SMILES string of the molecule is COc1ccc(C[C@H]2NC(=O)/C=C/C[C@@H](C(C)C=O)OC(=O)[C@H](CC(C)(C)C)NC(=O)C(C)(C)[C@H](C)NC2=O)cc1Cl. The molecule has 3 amide bonds. The van der Waals surface area contributed by atoms with Crippen molar-refractivity contribution in [2.45, 2.75) is 92.0 Å². The Bertz CT molecular complexity index is 1190. The summed E-state index contributed by atoms with van der Waals surface area (Å²) >= 11 is 6.28. The molecule has 1 aliphatic heterocycles. The van der Waals surface area contributed by atoms with Gasteiger partial charge in [-0.1, -0.05) is 51.4 Å². The molecule has 42 heavy (non-hydrogen) atoms. The Morgan fingerprint density at radius 1 is 1.12 bits per heavy atom. The molecule has 1 aromatic rings. The van der Waals surface area contributed by atoms with Crippen molar-refractivity contribution in [2.24, 2.45) is 16.7 Å². The second-order valence-corrected chi connectivity index (χ2v) is 13.0. The van der Waals surface area contributed by atoms with Crippen LogP contribution in [0.5, 0.6) is 5.75 Å². The number of esters is 1. The molecule has 0 radical (unpaired) electrons. The first-order valence-corrected chi connectivity index (χ1v) is 14.4. The summed E-state index contributed by atoms with van der Waals surface area (Å²) in [6.45, 7) is 12.4. The molecule has 1 unspecified atom stereocenters. The van der Waals surface area contributed by atoms with Gasteiger partial charge in [-0.15, -0.1) is 0 Å². The highest BCUT2D eigenvalue weighted by molar-refractivity contribution is 6.32. The third kappa shape index (κ3) is 9.86. The summed E-state index contributed by atoms with van der Waals surface area (Å²) in [6, 6.07) is 2.39. The average molecular weight is 606 g/mol. The molecule has 1 aliphatic rings. The lowest BCUT2D eigenvalue weighted by Crippen LogP contribution is -2.58. The highest BCUT2D eigenvalue weighted by Gasteiger charge is 2.40. The van der Waals surface area contributed by atoms with Gasteiger partial charge < -0.3 is 30.2 Å². The topological polar surface area (TPSA) is 140 Å². The van der Waals surface area contributed by atoms with Crippen molar-refractivity contribution in [2.75, 3.05) is 7.11 Å². The van der Waals surface area contributed by atoms with Crippen molar-refractivity contribution in [3.63, 3.8) is 0 Å². The van der Waals surface area contributed by atoms with Gasteiger partial charge in [-0.25, -0.2) is 4.79 Å². The number of cyclic esters (lactones) is 1. The van der Waals surface area contributed by atoms with Gasteiger partial charge in [0.25, 0.3) is 0 Å². The van der Waals surface area contributed by atoms with Crippen molar-refractivity contribution in [3.8, 4) is 5.75 Å². The van der Waals surface area contributed by atoms with Crippen LogP contribution in [0.25, 0.3) is 0 Å². The lowest BCUT2D eigenvalue weighted by Gasteiger charge is -2.35. The van der Waals surface area contributed by atoms with Crippen LogP contribution in [-0.4, -0.2) is 61.3 Å². The zero-order chi connectivity index (χ0) is 31.8. The monoisotopic (exact) mass is 605 g/mol. The van der Waals surface area contributed by atoms with E-state index < -0.39 is 59.3 Å². The minimum Gasteiger partial charge on any atom is -0.495 e. The Kier molecular flexibility index (Phi) is 12.2. The Morgan fingerprint density at radius 2 is 1.79 bits per heavy atom. The number of hydrogen-bond acceptors (Lipinski definition) is 7. The van der Waals surface area contributed by atoms with E-state index in [0.29, 0.717) is 22.6 Å². The molecule has 0 aromatic heterocycles. The summed E-state index contributed by atoms with van der Waals surface area (Å²) in [7, 11) is 1.49. The fraction of sp³-hybridized carbons (Fsp3) is 0.581. The maximum atomic E-state index is 13.5. The summed E-state index contributed by atoms with van der Waals surface area (Å²) in [5.74, 6) is -2.38. The van der Waals surface area contributed by atoms with Crippen molar-refractivity contribution < 1.29 is 33.4 Å². The zero-order valence-electron chi connectivity index (χ0n) is 25.7. The van der Waals surface area contributed by atoms with Crippen LogP contribution >= 0.6 is 11.6 Å². The Morgan fingerprint density at radius 3 is 2.36 bits per heavy atom. The van der Waals surface area contributed by atoms with Gasteiger partial charge in [-0.3, -0.25) is 14.4 Å². The molecule has 0 spiro atoms. The highest BCUT2D eigenvalue weighted by Crippen LogP contribution is 2.27. The van der Waals surface area contributed by atoms with Crippen molar-refractivity contribution >= 4 is 41.6 Å². The van der Waals surface area contributed by atoms with Crippen LogP contribution in [0, 0.1) is 16.7 Å². The summed E-state index contributed by atoms with van der Waals surface area (Å²) in [4.78, 5) is 64.9. The number of halogens is 1. The number of carbonyl (C=O) groups is 5. The third-order valence-corrected chi connectivity index (χ3v) is 7.72. The van der Waals surface area contributed by atoms with Crippen molar-refractivity contribution in [3.05, 3.63) is 40.9 Å². The van der Waals surface area contributed by atoms with Crippen molar-refractivity contribution in [1.82, 2.24) is 16.0 Å². The molecule has 5 atom stereocenters. The standard InChI is InChI=1S/C31H44ClN3O7/c1-18(17-36)24-10-9-11-26(37)34-22(15-20-12-13-25(41-8)21(32)14-20)27(38)33-19(2)31(6,7)29(40)35-23(28(39)42-24)16-30(3,4)5/h9,11-14,17-19,22-24H,10,15-16H2,1-8H3,(H,33,38)(H,34,37)(H,35,40)/b11-9+/t18?,19-,22+,23-,24-/m0/s1. The van der Waals surface area contributed by atoms with E-state index in [2.05, 4.69) is 16.0 Å². The number of aldehydes is 1. The van der Waals surface area contributed by atoms with Crippen LogP contribution in [0.2, 0.25) is 5.02 Å². The van der Waals surface area contributed by atoms with Gasteiger partial charge in [0.1, 0.15) is 30.2 Å². The highest BCUT2D eigenvalue weighted by atomic mass is 35.5. The number of methoxy groups -OCH3 is 1. The van der Waals surface area contributed by atoms with Gasteiger partial charge >= 0.3 is 5.97 Å². The Balaban J connectivity index is 2.49. The number of nitrogens with one attached hydrogen (secondary N) is 3. The predicted molar refractivity (Wildman–Crippen MR) is 160 cm³/mol. The number of ether oxygens (including phenoxy) is 2. The van der Waals surface area contributed by atoms with Crippen LogP contribution in [0.15, 0.2) is 30.4 Å². The molecule has 0 fully saturated rings. The normalized spacial score (nSPS) is 25.7. The van der Waals surface area contributed by atoms with E-state index in [9.17, 15) is 24.0 Å². The number of hydrogen-bond donors (Lipinski definition) is 3. The number of benzene rings is 1. The quantitative estimate of drug-likeness (QED) is 0.333. The lowest BCUT2D eigenvalue weighted by molar-refractivity contribution is -0.157. The largest absolute Gasteiger partial charge is 0.495 e. The first kappa shape index (κ1) is 34.8. The van der Waals surface area contributed by atoms with E-state index in [-0.39, 0.29) is 24.7 Å². The zero-order valence-corrected chi connectivity index (χ0v) is 26.5. The number of carbonyl (C=O) groups excluding carboxylic acids is 5. The first-order chi connectivity index (χ1) is 19.5. The number of amides is 3. The van der Waals surface area contributed by atoms with Gasteiger partial charge in [0.15, 0.2) is 0 Å². The van der Waals surface area contributed by atoms with Crippen LogP contribution in [-0.2, 0) is 35.1 Å². The number of rotatable bonds is 6. The van der Waals surface area contributed by atoms with Gasteiger partial charge in [0, 0.05) is 24.8 Å². The maximum Gasteiger partial charge on any atom is 0.328 e. The molecule has 2 rings (SSSR count). The lowest BCUT2D eigenvalue weighted by atomic mass is 9.82. The smallest absolute Gasteiger partial charge is 0.328 e. The molecule has 1 heterocycles. The molecule has 0 bridgehead atoms. The van der Waals surface area contributed by atoms with E-state index in [1.54, 1.807) is 45.9 Å². The van der Waals surface area contributed by atoms with E-state index in [1.807, 2.05) is 20.8 Å². The first-order valence-electron chi connectivity index (χ1n) is 14.0. The fourth-order valence-electron chi connectivity index (χ4n) is 4.34. The predicted octanol–water partition coefficient (Wildman–Crippen LogP) is 3.53. The molecule has 0 aliphatic carbocycles. The van der Waals surface area contributed by atoms with Gasteiger partial charge in [-0.05, 0) is 56.4 Å². The van der Waals surface area contributed by atoms with Crippen LogP contribution < -0.4 is 20.7 Å². The molecule has 0 saturated heterocycles. The van der Waals surface area contributed by atoms with Crippen LogP contribution in [0.1, 0.15) is 66.9 Å². The van der Waals surface area contributed by atoms with Crippen molar-refractivity contribution in [1.29, 1.82) is 0 Å². The Labute approximate surface area is 253 Å². The molecular weight excluding hydrogens is 562 g/mol. The van der Waals surface area contributed by atoms with E-state index in [4.69, 9.17) is 21.1 Å². The molecule has 10 nitrogen and oxygen atoms in total. The van der Waals surface area contributed by atoms with Gasteiger partial charge in [0.2, 0.25) is 17.7 Å². The fourth-order valence-corrected chi connectivity index (χ4v) is 4.62. The minimum atomic E-state index is -1.16. The second-order valence-electron chi connectivity index (χ2n) is 12.6. The molecule has 3 N–H and O–H groups in total. The van der Waals surface area contributed by atoms with E-state index >= 15 is 0 Å². The summed E-state index contributed by atoms with van der Waals surface area (Å²) in [6.07, 6.45) is 3.01. The minimum absolute atomic E-state index is 0.0722. The summed E-state index contributed by atoms with van der Waals surface area (Å²) in [5, 5.41) is 8.76. The molecule has 0 saturated carbocycles. The summed E-state index contributed by atoms with van der Waals surface area (Å²) < 4.78 is 10.9. The molecule has 1 aromatic carbocycles. The van der Waals surface area contributed by atoms with Crippen LogP contribution in [0.4, 0.5) is 0 Å². The molecule has 11 heteroatoms. The average Bonchev–Trinajstić information content (AvgIpc) is 2.89. The van der Waals surface area contributed by atoms with Crippen LogP contribution in [0.3, 0.4) is 0 Å². The molecular formula is C31H44ClN3O7. The maximum absolute atomic E-state index is 13.5. The third-order valence-electron chi connectivity index (χ3n) is 7.43. The summed E-state index contributed by atoms with van der Waals surface area (Å²) in [5.41, 5.74) is -0.819. The van der Waals surface area contributed by atoms with E-state index in [0.717, 1.165) is 0 Å². The molecule has 232 valence electrons. The van der Waals surface area contributed by atoms with Gasteiger partial charge in [0.05, 0.1) is 17.5 Å². The Hall–Kier alpha value is -3.40. The second kappa shape index (κ2) is 14.7. The van der Waals surface area contributed by atoms with E-state index in [1.165, 1.54) is 19.3 Å².